The van der Waals surface area contributed by atoms with Crippen LogP contribution in [0.4, 0.5) is 0 Å². The van der Waals surface area contributed by atoms with Gasteiger partial charge >= 0.3 is 0 Å². The van der Waals surface area contributed by atoms with Gasteiger partial charge in [0, 0.05) is 37.5 Å². The summed E-state index contributed by atoms with van der Waals surface area (Å²) in [6, 6.07) is 8.36. The quantitative estimate of drug-likeness (QED) is 0.941. The first-order chi connectivity index (χ1) is 11.1. The standard InChI is InChI=1S/C18H23N3O2/c1-13-2-4-14(5-3-13)16-12-20-17(23-16)6-7-18(22)21-10-8-15(19)9-11-21/h2-5,12,15H,6-11,19H2,1H3. The Morgan fingerprint density at radius 3 is 2.70 bits per heavy atom. The minimum Gasteiger partial charge on any atom is -0.441 e. The Balaban J connectivity index is 1.55. The number of piperidine rings is 1. The normalized spacial score (nSPS) is 15.8. The van der Waals surface area contributed by atoms with Crippen molar-refractivity contribution in [3.8, 4) is 11.3 Å². The van der Waals surface area contributed by atoms with Crippen LogP contribution in [0.5, 0.6) is 0 Å². The molecule has 3 rings (SSSR count). The molecule has 2 aromatic rings. The second-order valence-corrected chi connectivity index (χ2v) is 6.20. The van der Waals surface area contributed by atoms with Gasteiger partial charge in [-0.2, -0.15) is 0 Å². The summed E-state index contributed by atoms with van der Waals surface area (Å²) < 4.78 is 5.76. The van der Waals surface area contributed by atoms with Crippen LogP contribution < -0.4 is 5.73 Å². The van der Waals surface area contributed by atoms with Crippen LogP contribution in [0.25, 0.3) is 11.3 Å². The summed E-state index contributed by atoms with van der Waals surface area (Å²) >= 11 is 0. The molecule has 1 aliphatic heterocycles. The van der Waals surface area contributed by atoms with Gasteiger partial charge in [-0.05, 0) is 19.8 Å². The Bertz CT molecular complexity index is 655. The number of hydrogen-bond acceptors (Lipinski definition) is 4. The monoisotopic (exact) mass is 313 g/mol. The highest BCUT2D eigenvalue weighted by Gasteiger charge is 2.20. The molecule has 1 saturated heterocycles. The van der Waals surface area contributed by atoms with Gasteiger partial charge in [0.1, 0.15) is 0 Å². The molecular formula is C18H23N3O2. The molecule has 0 saturated carbocycles. The molecule has 0 atom stereocenters. The van der Waals surface area contributed by atoms with Gasteiger partial charge in [0.2, 0.25) is 5.91 Å². The van der Waals surface area contributed by atoms with E-state index in [9.17, 15) is 4.79 Å². The molecule has 0 bridgehead atoms. The average Bonchev–Trinajstić information content (AvgIpc) is 3.03. The van der Waals surface area contributed by atoms with E-state index in [1.807, 2.05) is 29.2 Å². The van der Waals surface area contributed by atoms with Crippen molar-refractivity contribution >= 4 is 5.91 Å². The Hall–Kier alpha value is -2.14. The van der Waals surface area contributed by atoms with Crippen molar-refractivity contribution in [1.82, 2.24) is 9.88 Å². The largest absolute Gasteiger partial charge is 0.441 e. The van der Waals surface area contributed by atoms with E-state index in [0.29, 0.717) is 18.7 Å². The zero-order valence-electron chi connectivity index (χ0n) is 13.5. The number of carbonyl (C=O) groups is 1. The fraction of sp³-hybridized carbons (Fsp3) is 0.444. The molecule has 0 radical (unpaired) electrons. The van der Waals surface area contributed by atoms with Crippen LogP contribution in [0.15, 0.2) is 34.9 Å². The van der Waals surface area contributed by atoms with E-state index in [1.165, 1.54) is 5.56 Å². The highest BCUT2D eigenvalue weighted by atomic mass is 16.4. The molecule has 1 fully saturated rings. The number of amides is 1. The number of aryl methyl sites for hydroxylation is 2. The Kier molecular flexibility index (Phi) is 4.76. The third-order valence-electron chi connectivity index (χ3n) is 4.33. The maximum absolute atomic E-state index is 12.2. The van der Waals surface area contributed by atoms with Gasteiger partial charge in [0.05, 0.1) is 6.20 Å². The summed E-state index contributed by atoms with van der Waals surface area (Å²) in [5, 5.41) is 0. The van der Waals surface area contributed by atoms with E-state index in [1.54, 1.807) is 6.20 Å². The molecule has 1 amide bonds. The third kappa shape index (κ3) is 3.99. The number of hydrogen-bond donors (Lipinski definition) is 1. The maximum Gasteiger partial charge on any atom is 0.223 e. The maximum atomic E-state index is 12.2. The third-order valence-corrected chi connectivity index (χ3v) is 4.33. The fourth-order valence-electron chi connectivity index (χ4n) is 2.80. The zero-order valence-corrected chi connectivity index (χ0v) is 13.5. The molecule has 122 valence electrons. The molecule has 23 heavy (non-hydrogen) atoms. The van der Waals surface area contributed by atoms with E-state index < -0.39 is 0 Å². The molecule has 0 unspecified atom stereocenters. The zero-order chi connectivity index (χ0) is 16.2. The number of rotatable bonds is 4. The topological polar surface area (TPSA) is 72.4 Å². The summed E-state index contributed by atoms with van der Waals surface area (Å²) in [4.78, 5) is 18.4. The first kappa shape index (κ1) is 15.7. The molecule has 5 heteroatoms. The number of aromatic nitrogens is 1. The van der Waals surface area contributed by atoms with Crippen LogP contribution in [-0.2, 0) is 11.2 Å². The van der Waals surface area contributed by atoms with Crippen LogP contribution in [0, 0.1) is 6.92 Å². The SMILES string of the molecule is Cc1ccc(-c2cnc(CCC(=O)N3CCC(N)CC3)o2)cc1. The number of carbonyl (C=O) groups excluding carboxylic acids is 1. The minimum absolute atomic E-state index is 0.159. The molecule has 5 nitrogen and oxygen atoms in total. The van der Waals surface area contributed by atoms with Crippen molar-refractivity contribution < 1.29 is 9.21 Å². The van der Waals surface area contributed by atoms with Crippen LogP contribution in [-0.4, -0.2) is 34.9 Å². The van der Waals surface area contributed by atoms with Gasteiger partial charge in [0.15, 0.2) is 11.7 Å². The Morgan fingerprint density at radius 2 is 2.00 bits per heavy atom. The van der Waals surface area contributed by atoms with Crippen molar-refractivity contribution in [3.05, 3.63) is 41.9 Å². The van der Waals surface area contributed by atoms with E-state index in [0.717, 1.165) is 37.3 Å². The van der Waals surface area contributed by atoms with Crippen molar-refractivity contribution in [2.75, 3.05) is 13.1 Å². The van der Waals surface area contributed by atoms with Crippen molar-refractivity contribution in [2.24, 2.45) is 5.73 Å². The second-order valence-electron chi connectivity index (χ2n) is 6.20. The summed E-state index contributed by atoms with van der Waals surface area (Å²) in [6.45, 7) is 3.58. The van der Waals surface area contributed by atoms with E-state index in [-0.39, 0.29) is 11.9 Å². The van der Waals surface area contributed by atoms with Crippen LogP contribution in [0.2, 0.25) is 0 Å². The number of benzene rings is 1. The number of nitrogens with zero attached hydrogens (tertiary/aromatic N) is 2. The van der Waals surface area contributed by atoms with Gasteiger partial charge in [0.25, 0.3) is 0 Å². The van der Waals surface area contributed by atoms with Crippen molar-refractivity contribution in [2.45, 2.75) is 38.6 Å². The summed E-state index contributed by atoms with van der Waals surface area (Å²) in [6.07, 6.45) is 4.48. The van der Waals surface area contributed by atoms with E-state index in [2.05, 4.69) is 11.9 Å². The van der Waals surface area contributed by atoms with E-state index >= 15 is 0 Å². The molecule has 2 heterocycles. The first-order valence-corrected chi connectivity index (χ1v) is 8.17. The van der Waals surface area contributed by atoms with Gasteiger partial charge in [-0.1, -0.05) is 29.8 Å². The smallest absolute Gasteiger partial charge is 0.223 e. The lowest BCUT2D eigenvalue weighted by Gasteiger charge is -2.30. The lowest BCUT2D eigenvalue weighted by atomic mass is 10.1. The lowest BCUT2D eigenvalue weighted by molar-refractivity contribution is -0.132. The predicted molar refractivity (Wildman–Crippen MR) is 88.8 cm³/mol. The Labute approximate surface area is 136 Å². The molecule has 1 aliphatic rings. The van der Waals surface area contributed by atoms with Crippen LogP contribution in [0.3, 0.4) is 0 Å². The molecular weight excluding hydrogens is 290 g/mol. The predicted octanol–water partition coefficient (Wildman–Crippen LogP) is 2.53. The average molecular weight is 313 g/mol. The van der Waals surface area contributed by atoms with Crippen LogP contribution >= 0.6 is 0 Å². The van der Waals surface area contributed by atoms with Crippen LogP contribution in [0.1, 0.15) is 30.7 Å². The molecule has 2 N–H and O–H groups in total. The highest BCUT2D eigenvalue weighted by molar-refractivity contribution is 5.76. The van der Waals surface area contributed by atoms with Crippen molar-refractivity contribution in [3.63, 3.8) is 0 Å². The molecule has 0 spiro atoms. The highest BCUT2D eigenvalue weighted by Crippen LogP contribution is 2.21. The minimum atomic E-state index is 0.159. The molecule has 1 aromatic heterocycles. The summed E-state index contributed by atoms with van der Waals surface area (Å²) in [7, 11) is 0. The van der Waals surface area contributed by atoms with Gasteiger partial charge in [-0.25, -0.2) is 4.98 Å². The lowest BCUT2D eigenvalue weighted by Crippen LogP contribution is -2.42. The summed E-state index contributed by atoms with van der Waals surface area (Å²) in [5.74, 6) is 1.52. The Morgan fingerprint density at radius 1 is 1.30 bits per heavy atom. The summed E-state index contributed by atoms with van der Waals surface area (Å²) in [5.41, 5.74) is 8.08. The van der Waals surface area contributed by atoms with Gasteiger partial charge in [-0.15, -0.1) is 0 Å². The van der Waals surface area contributed by atoms with Gasteiger partial charge in [-0.3, -0.25) is 4.79 Å². The van der Waals surface area contributed by atoms with Crippen molar-refractivity contribution in [1.29, 1.82) is 0 Å². The molecule has 0 aliphatic carbocycles. The van der Waals surface area contributed by atoms with Gasteiger partial charge < -0.3 is 15.1 Å². The fourth-order valence-corrected chi connectivity index (χ4v) is 2.80. The number of nitrogens with two attached hydrogens (primary N) is 1. The van der Waals surface area contributed by atoms with E-state index in [4.69, 9.17) is 10.2 Å². The first-order valence-electron chi connectivity index (χ1n) is 8.17. The second kappa shape index (κ2) is 6.96. The number of likely N-dealkylation sites (tertiary alicyclic amines) is 1. The molecule has 1 aromatic carbocycles. The number of oxazole rings is 1.